The molecule has 0 aliphatic carbocycles. The summed E-state index contributed by atoms with van der Waals surface area (Å²) < 4.78 is 6.31. The van der Waals surface area contributed by atoms with Gasteiger partial charge < -0.3 is 15.5 Å². The Morgan fingerprint density at radius 1 is 1.29 bits per heavy atom. The summed E-state index contributed by atoms with van der Waals surface area (Å²) in [6.07, 6.45) is 1.63. The van der Waals surface area contributed by atoms with Crippen molar-refractivity contribution in [2.45, 2.75) is 6.04 Å². The van der Waals surface area contributed by atoms with Crippen molar-refractivity contribution in [2.75, 3.05) is 11.9 Å². The number of anilines is 1. The highest BCUT2D eigenvalue weighted by Crippen LogP contribution is 2.27. The molecule has 1 atom stereocenters. The zero-order valence-corrected chi connectivity index (χ0v) is 11.3. The summed E-state index contributed by atoms with van der Waals surface area (Å²) in [5.41, 5.74) is 6.69. The number of halogens is 2. The van der Waals surface area contributed by atoms with Crippen LogP contribution in [0.3, 0.4) is 0 Å². The van der Waals surface area contributed by atoms with Gasteiger partial charge >= 0.3 is 0 Å². The maximum absolute atomic E-state index is 5.83. The minimum Gasteiger partial charge on any atom is -0.466 e. The van der Waals surface area contributed by atoms with Crippen molar-refractivity contribution >= 4 is 33.2 Å². The van der Waals surface area contributed by atoms with Crippen LogP contribution in [-0.2, 0) is 0 Å². The van der Waals surface area contributed by atoms with Gasteiger partial charge in [0.2, 0.25) is 0 Å². The summed E-state index contributed by atoms with van der Waals surface area (Å²) in [7, 11) is 0. The first-order valence-corrected chi connectivity index (χ1v) is 6.33. The van der Waals surface area contributed by atoms with Crippen LogP contribution in [-0.4, -0.2) is 6.54 Å². The molecule has 0 fully saturated rings. The maximum atomic E-state index is 5.83. The molecular weight excluding hydrogens is 304 g/mol. The van der Waals surface area contributed by atoms with Crippen LogP contribution in [0.1, 0.15) is 11.8 Å². The van der Waals surface area contributed by atoms with Crippen molar-refractivity contribution in [1.29, 1.82) is 0 Å². The maximum Gasteiger partial charge on any atom is 0.141 e. The van der Waals surface area contributed by atoms with Crippen molar-refractivity contribution in [3.05, 3.63) is 51.9 Å². The van der Waals surface area contributed by atoms with Crippen LogP contribution < -0.4 is 11.1 Å². The van der Waals surface area contributed by atoms with E-state index in [1.807, 2.05) is 30.3 Å². The average Bonchev–Trinajstić information content (AvgIpc) is 2.75. The van der Waals surface area contributed by atoms with Gasteiger partial charge in [0.05, 0.1) is 16.8 Å². The second kappa shape index (κ2) is 5.58. The van der Waals surface area contributed by atoms with Gasteiger partial charge in [0.1, 0.15) is 5.76 Å². The number of nitrogens with two attached hydrogens (primary N) is 1. The Kier molecular flexibility index (Phi) is 4.10. The number of rotatable bonds is 4. The molecule has 0 aliphatic rings. The third-order valence-corrected chi connectivity index (χ3v) is 3.29. The number of hydrogen-bond acceptors (Lipinski definition) is 3. The van der Waals surface area contributed by atoms with E-state index in [1.165, 1.54) is 0 Å². The monoisotopic (exact) mass is 314 g/mol. The van der Waals surface area contributed by atoms with E-state index >= 15 is 0 Å². The van der Waals surface area contributed by atoms with Gasteiger partial charge in [-0.3, -0.25) is 0 Å². The Balaban J connectivity index is 2.16. The summed E-state index contributed by atoms with van der Waals surface area (Å²) in [5.74, 6) is 0.794. The number of benzene rings is 1. The zero-order valence-electron chi connectivity index (χ0n) is 8.99. The topological polar surface area (TPSA) is 51.2 Å². The lowest BCUT2D eigenvalue weighted by Crippen LogP contribution is -2.20. The van der Waals surface area contributed by atoms with E-state index in [4.69, 9.17) is 21.8 Å². The van der Waals surface area contributed by atoms with Gasteiger partial charge in [-0.05, 0) is 46.3 Å². The van der Waals surface area contributed by atoms with Gasteiger partial charge in [0.15, 0.2) is 0 Å². The fraction of sp³-hybridized carbons (Fsp3) is 0.167. The summed E-state index contributed by atoms with van der Waals surface area (Å²) in [5, 5.41) is 4.00. The van der Waals surface area contributed by atoms with Crippen molar-refractivity contribution in [1.82, 2.24) is 0 Å². The van der Waals surface area contributed by atoms with Crippen LogP contribution in [0.2, 0.25) is 5.02 Å². The van der Waals surface area contributed by atoms with E-state index in [1.54, 1.807) is 6.26 Å². The van der Waals surface area contributed by atoms with E-state index in [0.29, 0.717) is 11.6 Å². The lowest BCUT2D eigenvalue weighted by molar-refractivity contribution is 0.479. The average molecular weight is 316 g/mol. The molecule has 0 radical (unpaired) electrons. The SMILES string of the molecule is NCC(Nc1ccc(Cl)cc1)c1occc1Br. The first-order chi connectivity index (χ1) is 8.20. The molecule has 1 unspecified atom stereocenters. The van der Waals surface area contributed by atoms with E-state index in [-0.39, 0.29) is 6.04 Å². The lowest BCUT2D eigenvalue weighted by Gasteiger charge is -2.16. The predicted molar refractivity (Wildman–Crippen MR) is 73.3 cm³/mol. The number of nitrogens with one attached hydrogen (secondary N) is 1. The van der Waals surface area contributed by atoms with Crippen LogP contribution in [0.15, 0.2) is 45.5 Å². The van der Waals surface area contributed by atoms with E-state index in [2.05, 4.69) is 21.2 Å². The van der Waals surface area contributed by atoms with Crippen LogP contribution >= 0.6 is 27.5 Å². The molecular formula is C12H12BrClN2O. The summed E-state index contributed by atoms with van der Waals surface area (Å²) >= 11 is 9.25. The molecule has 5 heteroatoms. The van der Waals surface area contributed by atoms with Gasteiger partial charge in [-0.1, -0.05) is 11.6 Å². The Bertz CT molecular complexity index is 484. The first kappa shape index (κ1) is 12.5. The fourth-order valence-corrected chi connectivity index (χ4v) is 2.14. The zero-order chi connectivity index (χ0) is 12.3. The highest BCUT2D eigenvalue weighted by molar-refractivity contribution is 9.10. The van der Waals surface area contributed by atoms with Gasteiger partial charge in [0, 0.05) is 17.3 Å². The van der Waals surface area contributed by atoms with Crippen LogP contribution in [0, 0.1) is 0 Å². The van der Waals surface area contributed by atoms with Gasteiger partial charge in [-0.25, -0.2) is 0 Å². The van der Waals surface area contributed by atoms with Crippen molar-refractivity contribution < 1.29 is 4.42 Å². The molecule has 90 valence electrons. The van der Waals surface area contributed by atoms with Crippen molar-refractivity contribution in [3.8, 4) is 0 Å². The molecule has 1 aromatic heterocycles. The molecule has 2 rings (SSSR count). The molecule has 17 heavy (non-hydrogen) atoms. The Labute approximate surface area is 113 Å². The van der Waals surface area contributed by atoms with E-state index in [0.717, 1.165) is 15.9 Å². The molecule has 0 saturated carbocycles. The van der Waals surface area contributed by atoms with Crippen LogP contribution in [0.25, 0.3) is 0 Å². The van der Waals surface area contributed by atoms with E-state index in [9.17, 15) is 0 Å². The molecule has 0 aliphatic heterocycles. The molecule has 0 bridgehead atoms. The third-order valence-electron chi connectivity index (χ3n) is 2.38. The quantitative estimate of drug-likeness (QED) is 0.902. The Hall–Kier alpha value is -0.970. The second-order valence-corrected chi connectivity index (χ2v) is 4.86. The summed E-state index contributed by atoms with van der Waals surface area (Å²) in [6.45, 7) is 0.439. The van der Waals surface area contributed by atoms with Gasteiger partial charge in [-0.2, -0.15) is 0 Å². The molecule has 2 aromatic rings. The van der Waals surface area contributed by atoms with Crippen molar-refractivity contribution in [3.63, 3.8) is 0 Å². The highest BCUT2D eigenvalue weighted by atomic mass is 79.9. The minimum atomic E-state index is -0.0689. The molecule has 0 saturated heterocycles. The third kappa shape index (κ3) is 3.03. The largest absolute Gasteiger partial charge is 0.466 e. The number of furan rings is 1. The van der Waals surface area contributed by atoms with Crippen molar-refractivity contribution in [2.24, 2.45) is 5.73 Å². The van der Waals surface area contributed by atoms with Gasteiger partial charge in [-0.15, -0.1) is 0 Å². The molecule has 0 spiro atoms. The standard InChI is InChI=1S/C12H12BrClN2O/c13-10-5-6-17-12(10)11(7-15)16-9-3-1-8(14)2-4-9/h1-6,11,16H,7,15H2. The first-order valence-electron chi connectivity index (χ1n) is 5.16. The van der Waals surface area contributed by atoms with Crippen LogP contribution in [0.5, 0.6) is 0 Å². The number of hydrogen-bond donors (Lipinski definition) is 2. The molecule has 3 nitrogen and oxygen atoms in total. The molecule has 3 N–H and O–H groups in total. The molecule has 1 heterocycles. The summed E-state index contributed by atoms with van der Waals surface area (Å²) in [4.78, 5) is 0. The normalized spacial score (nSPS) is 12.4. The van der Waals surface area contributed by atoms with Crippen LogP contribution in [0.4, 0.5) is 5.69 Å². The molecule has 1 aromatic carbocycles. The fourth-order valence-electron chi connectivity index (χ4n) is 1.53. The Morgan fingerprint density at radius 2 is 2.00 bits per heavy atom. The molecule has 0 amide bonds. The lowest BCUT2D eigenvalue weighted by atomic mass is 10.2. The smallest absolute Gasteiger partial charge is 0.141 e. The van der Waals surface area contributed by atoms with Gasteiger partial charge in [0.25, 0.3) is 0 Å². The highest BCUT2D eigenvalue weighted by Gasteiger charge is 2.16. The Morgan fingerprint density at radius 3 is 2.53 bits per heavy atom. The predicted octanol–water partition coefficient (Wildman–Crippen LogP) is 3.81. The minimum absolute atomic E-state index is 0.0689. The second-order valence-electron chi connectivity index (χ2n) is 3.57. The summed E-state index contributed by atoms with van der Waals surface area (Å²) in [6, 6.07) is 9.25. The van der Waals surface area contributed by atoms with E-state index < -0.39 is 0 Å².